The van der Waals surface area contributed by atoms with Gasteiger partial charge in [0, 0.05) is 27.5 Å². The van der Waals surface area contributed by atoms with Crippen molar-refractivity contribution in [2.75, 3.05) is 0 Å². The van der Waals surface area contributed by atoms with Crippen LogP contribution < -0.4 is 0 Å². The summed E-state index contributed by atoms with van der Waals surface area (Å²) < 4.78 is 42.9. The molecule has 0 bridgehead atoms. The SMILES string of the molecule is N#Cc1ccc(-c2ccc3c4ccccc4n(-c4cc(-c5ccc(C(F)(F)F)cc5)ccc4-c4nc(-c5ccccc5)nc(-c5ccccc5)n4)c3c2)cc1. The second-order valence-electron chi connectivity index (χ2n) is 13.1. The maximum atomic E-state index is 13.6. The van der Waals surface area contributed by atoms with Gasteiger partial charge in [0.15, 0.2) is 17.5 Å². The van der Waals surface area contributed by atoms with Crippen molar-refractivity contribution >= 4 is 21.8 Å². The van der Waals surface area contributed by atoms with Crippen molar-refractivity contribution in [3.63, 3.8) is 0 Å². The van der Waals surface area contributed by atoms with Gasteiger partial charge in [-0.3, -0.25) is 0 Å². The van der Waals surface area contributed by atoms with E-state index in [2.05, 4.69) is 41.0 Å². The number of para-hydroxylation sites is 1. The van der Waals surface area contributed by atoms with E-state index in [4.69, 9.17) is 15.0 Å². The molecular weight excluding hydrogens is 692 g/mol. The molecule has 0 saturated heterocycles. The van der Waals surface area contributed by atoms with Crippen molar-refractivity contribution in [1.29, 1.82) is 5.26 Å². The zero-order valence-corrected chi connectivity index (χ0v) is 29.0. The highest BCUT2D eigenvalue weighted by atomic mass is 19.4. The van der Waals surface area contributed by atoms with Crippen LogP contribution in [0.1, 0.15) is 11.1 Å². The van der Waals surface area contributed by atoms with E-state index in [1.807, 2.05) is 103 Å². The van der Waals surface area contributed by atoms with Crippen LogP contribution in [0.25, 0.3) is 83.9 Å². The Balaban J connectivity index is 1.33. The summed E-state index contributed by atoms with van der Waals surface area (Å²) in [4.78, 5) is 15.0. The lowest BCUT2D eigenvalue weighted by Gasteiger charge is -2.17. The van der Waals surface area contributed by atoms with Crippen LogP contribution in [0.2, 0.25) is 0 Å². The number of rotatable bonds is 6. The lowest BCUT2D eigenvalue weighted by molar-refractivity contribution is -0.137. The molecule has 0 spiro atoms. The lowest BCUT2D eigenvalue weighted by Crippen LogP contribution is -2.05. The van der Waals surface area contributed by atoms with E-state index in [0.29, 0.717) is 34.2 Å². The Kier molecular flexibility index (Phi) is 8.25. The predicted octanol–water partition coefficient (Wildman–Crippen LogP) is 12.2. The number of aromatic nitrogens is 4. The van der Waals surface area contributed by atoms with E-state index >= 15 is 0 Å². The molecule has 2 aromatic heterocycles. The number of alkyl halides is 3. The molecule has 0 aliphatic rings. The van der Waals surface area contributed by atoms with Crippen molar-refractivity contribution in [2.45, 2.75) is 6.18 Å². The fourth-order valence-electron chi connectivity index (χ4n) is 7.01. The normalized spacial score (nSPS) is 11.5. The Hall–Kier alpha value is -7.37. The minimum Gasteiger partial charge on any atom is -0.308 e. The molecule has 0 N–H and O–H groups in total. The summed E-state index contributed by atoms with van der Waals surface area (Å²) in [5, 5.41) is 11.4. The molecule has 262 valence electrons. The van der Waals surface area contributed by atoms with E-state index < -0.39 is 11.7 Å². The topological polar surface area (TPSA) is 67.4 Å². The van der Waals surface area contributed by atoms with Crippen molar-refractivity contribution in [3.8, 4) is 68.2 Å². The van der Waals surface area contributed by atoms with Crippen molar-refractivity contribution in [3.05, 3.63) is 181 Å². The van der Waals surface area contributed by atoms with Gasteiger partial charge in [-0.25, -0.2) is 15.0 Å². The Bertz CT molecular complexity index is 2840. The Morgan fingerprint density at radius 1 is 0.455 bits per heavy atom. The summed E-state index contributed by atoms with van der Waals surface area (Å²) in [7, 11) is 0. The fourth-order valence-corrected chi connectivity index (χ4v) is 7.01. The van der Waals surface area contributed by atoms with E-state index in [0.717, 1.165) is 67.4 Å². The first-order valence-corrected chi connectivity index (χ1v) is 17.6. The van der Waals surface area contributed by atoms with Crippen LogP contribution in [0, 0.1) is 11.3 Å². The quantitative estimate of drug-likeness (QED) is 0.172. The average Bonchev–Trinajstić information content (AvgIpc) is 3.57. The van der Waals surface area contributed by atoms with E-state index in [1.54, 1.807) is 12.1 Å². The maximum absolute atomic E-state index is 13.6. The maximum Gasteiger partial charge on any atom is 0.416 e. The summed E-state index contributed by atoms with van der Waals surface area (Å²) >= 11 is 0. The molecule has 0 aliphatic heterocycles. The van der Waals surface area contributed by atoms with E-state index in [-0.39, 0.29) is 0 Å². The van der Waals surface area contributed by atoms with Crippen molar-refractivity contribution in [2.24, 2.45) is 0 Å². The minimum atomic E-state index is -4.45. The molecule has 0 atom stereocenters. The number of fused-ring (bicyclic) bond motifs is 3. The van der Waals surface area contributed by atoms with Gasteiger partial charge in [-0.05, 0) is 70.8 Å². The third kappa shape index (κ3) is 6.28. The zero-order valence-electron chi connectivity index (χ0n) is 29.0. The highest BCUT2D eigenvalue weighted by Gasteiger charge is 2.30. The standard InChI is InChI=1S/C47H28F3N5/c48-47(49,50)37-23-19-32(20-24-37)36-22-26-40(46-53-44(33-9-3-1-4-10-33)52-45(54-46)34-11-5-2-6-12-34)43(28-36)55-41-14-8-7-13-38(41)39-25-21-35(27-42(39)55)31-17-15-30(29-51)16-18-31/h1-28H. The molecule has 7 aromatic carbocycles. The smallest absolute Gasteiger partial charge is 0.308 e. The van der Waals surface area contributed by atoms with Crippen molar-refractivity contribution in [1.82, 2.24) is 19.5 Å². The molecule has 5 nitrogen and oxygen atoms in total. The summed E-state index contributed by atoms with van der Waals surface area (Å²) in [5.74, 6) is 1.45. The van der Waals surface area contributed by atoms with Gasteiger partial charge in [0.05, 0.1) is 33.9 Å². The number of hydrogen-bond acceptors (Lipinski definition) is 4. The van der Waals surface area contributed by atoms with Gasteiger partial charge in [0.25, 0.3) is 0 Å². The first kappa shape index (κ1) is 33.5. The second kappa shape index (κ2) is 13.6. The highest BCUT2D eigenvalue weighted by molar-refractivity contribution is 6.10. The molecule has 0 amide bonds. The Morgan fingerprint density at radius 2 is 0.964 bits per heavy atom. The van der Waals surface area contributed by atoms with E-state index in [1.165, 1.54) is 12.1 Å². The Morgan fingerprint density at radius 3 is 1.58 bits per heavy atom. The third-order valence-corrected chi connectivity index (χ3v) is 9.75. The van der Waals surface area contributed by atoms with Crippen LogP contribution >= 0.6 is 0 Å². The average molecular weight is 720 g/mol. The summed E-state index contributed by atoms with van der Waals surface area (Å²) in [6.45, 7) is 0. The first-order valence-electron chi connectivity index (χ1n) is 17.6. The van der Waals surface area contributed by atoms with Crippen LogP contribution in [-0.4, -0.2) is 19.5 Å². The number of nitrogens with zero attached hydrogens (tertiary/aromatic N) is 5. The van der Waals surface area contributed by atoms with Crippen LogP contribution in [0.15, 0.2) is 170 Å². The second-order valence-corrected chi connectivity index (χ2v) is 13.1. The fraction of sp³-hybridized carbons (Fsp3) is 0.0213. The molecule has 0 saturated carbocycles. The molecular formula is C47H28F3N5. The van der Waals surface area contributed by atoms with Crippen LogP contribution in [0.3, 0.4) is 0 Å². The van der Waals surface area contributed by atoms with Gasteiger partial charge in [0.1, 0.15) is 0 Å². The Labute approximate surface area is 314 Å². The van der Waals surface area contributed by atoms with E-state index in [9.17, 15) is 18.4 Å². The van der Waals surface area contributed by atoms with Gasteiger partial charge in [-0.15, -0.1) is 0 Å². The number of hydrogen-bond donors (Lipinski definition) is 0. The van der Waals surface area contributed by atoms with Gasteiger partial charge in [-0.1, -0.05) is 121 Å². The molecule has 2 heterocycles. The van der Waals surface area contributed by atoms with Crippen LogP contribution in [0.4, 0.5) is 13.2 Å². The summed E-state index contributed by atoms with van der Waals surface area (Å²) in [5.41, 5.74) is 8.08. The molecule has 0 fully saturated rings. The molecule has 8 heteroatoms. The number of halogens is 3. The predicted molar refractivity (Wildman–Crippen MR) is 211 cm³/mol. The summed E-state index contributed by atoms with van der Waals surface area (Å²) in [6, 6.07) is 54.6. The van der Waals surface area contributed by atoms with Crippen LogP contribution in [0.5, 0.6) is 0 Å². The highest BCUT2D eigenvalue weighted by Crippen LogP contribution is 2.40. The number of nitriles is 1. The largest absolute Gasteiger partial charge is 0.416 e. The van der Waals surface area contributed by atoms with Gasteiger partial charge < -0.3 is 4.57 Å². The zero-order chi connectivity index (χ0) is 37.5. The molecule has 0 radical (unpaired) electrons. The number of benzene rings is 7. The monoisotopic (exact) mass is 719 g/mol. The lowest BCUT2D eigenvalue weighted by atomic mass is 10.00. The minimum absolute atomic E-state index is 0.441. The molecule has 0 unspecified atom stereocenters. The molecule has 9 aromatic rings. The molecule has 9 rings (SSSR count). The third-order valence-electron chi connectivity index (χ3n) is 9.75. The van der Waals surface area contributed by atoms with Gasteiger partial charge in [0.2, 0.25) is 0 Å². The first-order chi connectivity index (χ1) is 26.8. The van der Waals surface area contributed by atoms with Crippen LogP contribution in [-0.2, 0) is 6.18 Å². The summed E-state index contributed by atoms with van der Waals surface area (Å²) in [6.07, 6.45) is -4.45. The van der Waals surface area contributed by atoms with Gasteiger partial charge in [-0.2, -0.15) is 18.4 Å². The van der Waals surface area contributed by atoms with Gasteiger partial charge >= 0.3 is 6.18 Å². The van der Waals surface area contributed by atoms with Crippen molar-refractivity contribution < 1.29 is 13.2 Å². The molecule has 0 aliphatic carbocycles. The molecule has 55 heavy (non-hydrogen) atoms.